The van der Waals surface area contributed by atoms with Gasteiger partial charge in [0.25, 0.3) is 0 Å². The summed E-state index contributed by atoms with van der Waals surface area (Å²) in [5, 5.41) is 2.61. The molecular weight excluding hydrogens is 283 g/mol. The highest BCUT2D eigenvalue weighted by Gasteiger charge is 2.07. The van der Waals surface area contributed by atoms with Crippen LogP contribution in [-0.4, -0.2) is 15.9 Å². The third kappa shape index (κ3) is 2.51. The average molecular weight is 292 g/mol. The summed E-state index contributed by atoms with van der Waals surface area (Å²) in [4.78, 5) is 18.7. The number of amides is 1. The van der Waals surface area contributed by atoms with Gasteiger partial charge in [0, 0.05) is 6.92 Å². The van der Waals surface area contributed by atoms with Crippen LogP contribution in [0.25, 0.3) is 0 Å². The number of nitrogens with zero attached hydrogens (tertiary/aromatic N) is 2. The molecule has 5 nitrogen and oxygen atoms in total. The van der Waals surface area contributed by atoms with Crippen molar-refractivity contribution in [3.8, 4) is 0 Å². The van der Waals surface area contributed by atoms with Crippen molar-refractivity contribution in [3.05, 3.63) is 12.0 Å². The van der Waals surface area contributed by atoms with Gasteiger partial charge in [-0.25, -0.2) is 9.97 Å². The number of halogens is 1. The van der Waals surface area contributed by atoms with Crippen LogP contribution >= 0.6 is 22.9 Å². The summed E-state index contributed by atoms with van der Waals surface area (Å²) in [5.74, 6) is 0.361. The van der Waals surface area contributed by atoms with Gasteiger partial charge in [-0.15, -0.1) is 0 Å². The predicted molar refractivity (Wildman–Crippen MR) is 58.7 cm³/mol. The molecule has 0 aliphatic carbocycles. The molecule has 0 unspecified atom stereocenters. The van der Waals surface area contributed by atoms with Gasteiger partial charge in [0.05, 0.1) is 28.6 Å². The van der Waals surface area contributed by atoms with Crippen LogP contribution in [0.15, 0.2) is 6.33 Å². The standard InChI is InChI=1S/C7H9IN4O/c1-4-6(12-8)7(10-3-9-4)11-5(2)13/h3,12H,1-2H3,(H,9,10,11,13). The molecule has 0 radical (unpaired) electrons. The molecule has 1 heterocycles. The number of hydrogen-bond acceptors (Lipinski definition) is 4. The summed E-state index contributed by atoms with van der Waals surface area (Å²) in [7, 11) is 0. The molecule has 1 aromatic heterocycles. The number of nitrogens with one attached hydrogen (secondary N) is 2. The average Bonchev–Trinajstić information content (AvgIpc) is 2.03. The first-order valence-corrected chi connectivity index (χ1v) is 4.69. The molecule has 0 aliphatic rings. The van der Waals surface area contributed by atoms with Gasteiger partial charge in [0.2, 0.25) is 5.91 Å². The van der Waals surface area contributed by atoms with E-state index in [9.17, 15) is 4.79 Å². The van der Waals surface area contributed by atoms with Crippen LogP contribution in [0.5, 0.6) is 0 Å². The molecule has 0 saturated carbocycles. The van der Waals surface area contributed by atoms with E-state index in [-0.39, 0.29) is 5.91 Å². The highest BCUT2D eigenvalue weighted by atomic mass is 127. The Morgan fingerprint density at radius 2 is 2.23 bits per heavy atom. The lowest BCUT2D eigenvalue weighted by Gasteiger charge is -2.08. The van der Waals surface area contributed by atoms with Gasteiger partial charge >= 0.3 is 0 Å². The zero-order valence-corrected chi connectivity index (χ0v) is 9.42. The second kappa shape index (κ2) is 4.35. The van der Waals surface area contributed by atoms with E-state index in [1.54, 1.807) is 0 Å². The number of carbonyl (C=O) groups is 1. The topological polar surface area (TPSA) is 66.9 Å². The maximum absolute atomic E-state index is 10.8. The van der Waals surface area contributed by atoms with Crippen LogP contribution in [0, 0.1) is 6.92 Å². The Balaban J connectivity index is 3.05. The van der Waals surface area contributed by atoms with Crippen molar-refractivity contribution in [3.63, 3.8) is 0 Å². The SMILES string of the molecule is CC(=O)Nc1ncnc(C)c1NI. The maximum Gasteiger partial charge on any atom is 0.222 e. The van der Waals surface area contributed by atoms with E-state index in [0.29, 0.717) is 5.82 Å². The van der Waals surface area contributed by atoms with Crippen LogP contribution in [0.4, 0.5) is 11.5 Å². The summed E-state index contributed by atoms with van der Waals surface area (Å²) in [6.07, 6.45) is 1.41. The molecule has 0 saturated heterocycles. The molecule has 0 spiro atoms. The lowest BCUT2D eigenvalue weighted by molar-refractivity contribution is -0.114. The van der Waals surface area contributed by atoms with E-state index in [2.05, 4.69) is 18.8 Å². The van der Waals surface area contributed by atoms with E-state index in [1.165, 1.54) is 13.3 Å². The van der Waals surface area contributed by atoms with Crippen molar-refractivity contribution in [2.24, 2.45) is 0 Å². The Hall–Kier alpha value is -0.920. The number of rotatable bonds is 2. The molecule has 1 aromatic rings. The first-order valence-electron chi connectivity index (χ1n) is 3.61. The smallest absolute Gasteiger partial charge is 0.222 e. The first-order chi connectivity index (χ1) is 6.15. The summed E-state index contributed by atoms with van der Waals surface area (Å²) in [5.41, 5.74) is 1.53. The van der Waals surface area contributed by atoms with Gasteiger partial charge in [-0.2, -0.15) is 0 Å². The molecule has 13 heavy (non-hydrogen) atoms. The van der Waals surface area contributed by atoms with Crippen LogP contribution < -0.4 is 8.85 Å². The monoisotopic (exact) mass is 292 g/mol. The van der Waals surface area contributed by atoms with Gasteiger partial charge < -0.3 is 8.85 Å². The Morgan fingerprint density at radius 3 is 2.77 bits per heavy atom. The van der Waals surface area contributed by atoms with Crippen molar-refractivity contribution in [2.45, 2.75) is 13.8 Å². The molecule has 1 rings (SSSR count). The van der Waals surface area contributed by atoms with E-state index < -0.39 is 0 Å². The molecular formula is C7H9IN4O. The molecule has 1 amide bonds. The van der Waals surface area contributed by atoms with Crippen LogP contribution in [0.3, 0.4) is 0 Å². The number of hydrogen-bond donors (Lipinski definition) is 2. The number of aryl methyl sites for hydroxylation is 1. The zero-order valence-electron chi connectivity index (χ0n) is 7.26. The van der Waals surface area contributed by atoms with E-state index in [4.69, 9.17) is 0 Å². The Labute approximate surface area is 89.8 Å². The molecule has 0 bridgehead atoms. The molecule has 2 N–H and O–H groups in total. The highest BCUT2D eigenvalue weighted by molar-refractivity contribution is 14.1. The second-order valence-corrected chi connectivity index (χ2v) is 3.00. The third-order valence-electron chi connectivity index (χ3n) is 1.43. The maximum atomic E-state index is 10.8. The summed E-state index contributed by atoms with van der Waals surface area (Å²) < 4.78 is 2.90. The molecule has 0 aromatic carbocycles. The van der Waals surface area contributed by atoms with Gasteiger partial charge in [-0.3, -0.25) is 4.79 Å². The van der Waals surface area contributed by atoms with Crippen molar-refractivity contribution in [2.75, 3.05) is 8.85 Å². The number of aromatic nitrogens is 2. The minimum absolute atomic E-state index is 0.147. The first kappa shape index (κ1) is 10.2. The Morgan fingerprint density at radius 1 is 1.54 bits per heavy atom. The minimum Gasteiger partial charge on any atom is -0.324 e. The number of carbonyl (C=O) groups excluding carboxylic acids is 1. The van der Waals surface area contributed by atoms with Crippen molar-refractivity contribution < 1.29 is 4.79 Å². The molecule has 0 atom stereocenters. The quantitative estimate of drug-likeness (QED) is 0.640. The predicted octanol–water partition coefficient (Wildman–Crippen LogP) is 1.51. The van der Waals surface area contributed by atoms with Gasteiger partial charge in [0.1, 0.15) is 12.0 Å². The lowest BCUT2D eigenvalue weighted by atomic mass is 10.3. The summed E-state index contributed by atoms with van der Waals surface area (Å²) in [6.45, 7) is 3.28. The zero-order chi connectivity index (χ0) is 9.84. The lowest BCUT2D eigenvalue weighted by Crippen LogP contribution is -2.10. The Bertz CT molecular complexity index is 328. The third-order valence-corrected chi connectivity index (χ3v) is 1.97. The Kier molecular flexibility index (Phi) is 3.40. The van der Waals surface area contributed by atoms with E-state index in [1.807, 2.05) is 29.8 Å². The molecule has 6 heteroatoms. The van der Waals surface area contributed by atoms with Gasteiger partial charge in [0.15, 0.2) is 5.82 Å². The second-order valence-electron chi connectivity index (χ2n) is 2.46. The van der Waals surface area contributed by atoms with Gasteiger partial charge in [-0.1, -0.05) is 0 Å². The van der Waals surface area contributed by atoms with Gasteiger partial charge in [-0.05, 0) is 6.92 Å². The van der Waals surface area contributed by atoms with Crippen molar-refractivity contribution >= 4 is 40.3 Å². The molecule has 70 valence electrons. The van der Waals surface area contributed by atoms with E-state index in [0.717, 1.165) is 11.4 Å². The van der Waals surface area contributed by atoms with E-state index >= 15 is 0 Å². The minimum atomic E-state index is -0.147. The fourth-order valence-corrected chi connectivity index (χ4v) is 1.49. The normalized spacial score (nSPS) is 9.46. The largest absolute Gasteiger partial charge is 0.324 e. The van der Waals surface area contributed by atoms with Crippen LogP contribution in [0.1, 0.15) is 12.6 Å². The van der Waals surface area contributed by atoms with Crippen molar-refractivity contribution in [1.29, 1.82) is 0 Å². The molecule has 0 fully saturated rings. The fourth-order valence-electron chi connectivity index (χ4n) is 0.848. The van der Waals surface area contributed by atoms with Crippen molar-refractivity contribution in [1.82, 2.24) is 9.97 Å². The van der Waals surface area contributed by atoms with Crippen LogP contribution in [-0.2, 0) is 4.79 Å². The molecule has 0 aliphatic heterocycles. The van der Waals surface area contributed by atoms with Crippen LogP contribution in [0.2, 0.25) is 0 Å². The highest BCUT2D eigenvalue weighted by Crippen LogP contribution is 2.22. The summed E-state index contributed by atoms with van der Waals surface area (Å²) >= 11 is 1.97. The summed E-state index contributed by atoms with van der Waals surface area (Å²) in [6, 6.07) is 0. The fraction of sp³-hybridized carbons (Fsp3) is 0.286. The number of anilines is 2.